The average Bonchev–Trinajstić information content (AvgIpc) is 3.51. The molecular weight excluding hydrogens is 618 g/mol. The molecule has 0 saturated carbocycles. The molecule has 1 fully saturated rings. The number of nitrogens with one attached hydrogen (secondary N) is 1. The van der Waals surface area contributed by atoms with E-state index >= 15 is 0 Å². The highest BCUT2D eigenvalue weighted by Gasteiger charge is 2.50. The first-order valence-electron chi connectivity index (χ1n) is 16.6. The quantitative estimate of drug-likeness (QED) is 0.234. The van der Waals surface area contributed by atoms with Crippen molar-refractivity contribution in [1.82, 2.24) is 15.0 Å². The third-order valence-electron chi connectivity index (χ3n) is 9.21. The first-order valence-corrected chi connectivity index (χ1v) is 18.1. The van der Waals surface area contributed by atoms with Gasteiger partial charge in [-0.2, -0.15) is 0 Å². The molecule has 2 aliphatic heterocycles. The first kappa shape index (κ1) is 34.6. The molecule has 3 heterocycles. The number of aryl methyl sites for hydroxylation is 1. The molecule has 3 aromatic rings. The van der Waals surface area contributed by atoms with E-state index in [1.807, 2.05) is 47.9 Å². The standard InChI is InChI=1S/C35H47N5O6S/c1-6-9-15-31-36-35(18-12-19-39(23-35)32(41)7-2)34(42)40(31)21-26-16-17-28(27(20-26)22-45-8-3)29-13-10-11-14-30(29)47(43,44)38-33-24(4)25(5)46-37-33/h10-11,13-14,16-17,20,34,42H,6-9,12,15,18-19,21-23H2,1-5H3,(H,37,38)/t34?,35-/m0/s1. The summed E-state index contributed by atoms with van der Waals surface area (Å²) < 4.78 is 41.0. The summed E-state index contributed by atoms with van der Waals surface area (Å²) >= 11 is 0. The number of aliphatic imine (C=N–C) groups is 1. The van der Waals surface area contributed by atoms with Crippen LogP contribution in [-0.2, 0) is 32.7 Å². The summed E-state index contributed by atoms with van der Waals surface area (Å²) in [6.45, 7) is 11.7. The number of aromatic nitrogens is 1. The third-order valence-corrected chi connectivity index (χ3v) is 10.6. The van der Waals surface area contributed by atoms with E-state index in [0.29, 0.717) is 49.5 Å². The van der Waals surface area contributed by atoms with Gasteiger partial charge in [-0.15, -0.1) is 0 Å². The van der Waals surface area contributed by atoms with Gasteiger partial charge < -0.3 is 24.2 Å². The van der Waals surface area contributed by atoms with Crippen molar-refractivity contribution in [3.8, 4) is 11.1 Å². The molecule has 1 aromatic heterocycles. The van der Waals surface area contributed by atoms with Crippen molar-refractivity contribution in [2.45, 2.75) is 103 Å². The highest BCUT2D eigenvalue weighted by molar-refractivity contribution is 7.92. The number of likely N-dealkylation sites (tertiary alicyclic amines) is 1. The largest absolute Gasteiger partial charge is 0.377 e. The number of ether oxygens (including phenoxy) is 1. The van der Waals surface area contributed by atoms with E-state index in [0.717, 1.165) is 54.6 Å². The highest BCUT2D eigenvalue weighted by Crippen LogP contribution is 2.38. The summed E-state index contributed by atoms with van der Waals surface area (Å²) in [6, 6.07) is 12.8. The lowest BCUT2D eigenvalue weighted by atomic mass is 9.87. The van der Waals surface area contributed by atoms with E-state index in [1.165, 1.54) is 0 Å². The molecule has 1 amide bonds. The van der Waals surface area contributed by atoms with Gasteiger partial charge >= 0.3 is 0 Å². The Morgan fingerprint density at radius 1 is 1.15 bits per heavy atom. The fourth-order valence-corrected chi connectivity index (χ4v) is 7.76. The molecule has 0 aliphatic carbocycles. The number of carbonyl (C=O) groups excluding carboxylic acids is 1. The molecule has 1 unspecified atom stereocenters. The number of piperidine rings is 1. The van der Waals surface area contributed by atoms with Crippen molar-refractivity contribution in [2.75, 3.05) is 24.4 Å². The third kappa shape index (κ3) is 7.24. The van der Waals surface area contributed by atoms with E-state index < -0.39 is 21.8 Å². The Bertz CT molecular complexity index is 1720. The van der Waals surface area contributed by atoms with Gasteiger partial charge in [0, 0.05) is 43.7 Å². The number of benzene rings is 2. The second kappa shape index (κ2) is 14.6. The minimum atomic E-state index is -4.02. The molecule has 0 bridgehead atoms. The molecule has 254 valence electrons. The number of amides is 1. The first-order chi connectivity index (χ1) is 22.5. The zero-order valence-corrected chi connectivity index (χ0v) is 28.9. The van der Waals surface area contributed by atoms with E-state index in [9.17, 15) is 18.3 Å². The molecular formula is C35H47N5O6S. The fourth-order valence-electron chi connectivity index (χ4n) is 6.48. The lowest BCUT2D eigenvalue weighted by Crippen LogP contribution is -2.56. The van der Waals surface area contributed by atoms with Gasteiger partial charge in [0.15, 0.2) is 12.0 Å². The number of amidine groups is 1. The van der Waals surface area contributed by atoms with Crippen molar-refractivity contribution < 1.29 is 27.6 Å². The second-order valence-corrected chi connectivity index (χ2v) is 14.1. The predicted molar refractivity (Wildman–Crippen MR) is 181 cm³/mol. The smallest absolute Gasteiger partial charge is 0.263 e. The van der Waals surface area contributed by atoms with Gasteiger partial charge in [0.25, 0.3) is 10.0 Å². The van der Waals surface area contributed by atoms with Crippen molar-refractivity contribution in [1.29, 1.82) is 0 Å². The van der Waals surface area contributed by atoms with Crippen molar-refractivity contribution in [3.63, 3.8) is 0 Å². The summed E-state index contributed by atoms with van der Waals surface area (Å²) in [5.74, 6) is 1.64. The lowest BCUT2D eigenvalue weighted by Gasteiger charge is -2.41. The number of unbranched alkanes of at least 4 members (excludes halogenated alkanes) is 1. The van der Waals surface area contributed by atoms with Crippen LogP contribution in [0, 0.1) is 13.8 Å². The Morgan fingerprint density at radius 2 is 1.94 bits per heavy atom. The molecule has 5 rings (SSSR count). The minimum Gasteiger partial charge on any atom is -0.377 e. The summed E-state index contributed by atoms with van der Waals surface area (Å²) in [6.07, 6.45) is 3.75. The molecule has 12 heteroatoms. The Kier molecular flexibility index (Phi) is 10.7. The number of aliphatic hydroxyl groups is 1. The van der Waals surface area contributed by atoms with Crippen molar-refractivity contribution in [3.05, 3.63) is 64.9 Å². The van der Waals surface area contributed by atoms with E-state index in [1.54, 1.807) is 32.0 Å². The van der Waals surface area contributed by atoms with Gasteiger partial charge in [0.05, 0.1) is 18.0 Å². The van der Waals surface area contributed by atoms with Gasteiger partial charge in [-0.3, -0.25) is 14.5 Å². The summed E-state index contributed by atoms with van der Waals surface area (Å²) in [7, 11) is -4.02. The molecule has 1 spiro atoms. The number of nitrogens with zero attached hydrogens (tertiary/aromatic N) is 4. The molecule has 47 heavy (non-hydrogen) atoms. The number of carbonyl (C=O) groups is 1. The molecule has 0 radical (unpaired) electrons. The number of rotatable bonds is 13. The summed E-state index contributed by atoms with van der Waals surface area (Å²) in [5.41, 5.74) is 2.91. The van der Waals surface area contributed by atoms with Crippen LogP contribution in [0.25, 0.3) is 11.1 Å². The number of aliphatic hydroxyl groups excluding tert-OH is 1. The number of hydrogen-bond acceptors (Lipinski definition) is 9. The Labute approximate surface area is 278 Å². The van der Waals surface area contributed by atoms with Crippen LogP contribution in [0.5, 0.6) is 0 Å². The van der Waals surface area contributed by atoms with E-state index in [2.05, 4.69) is 16.8 Å². The molecule has 2 N–H and O–H groups in total. The van der Waals surface area contributed by atoms with Gasteiger partial charge in [-0.25, -0.2) is 8.42 Å². The van der Waals surface area contributed by atoms with Gasteiger partial charge in [-0.05, 0) is 62.8 Å². The van der Waals surface area contributed by atoms with Crippen LogP contribution >= 0.6 is 0 Å². The van der Waals surface area contributed by atoms with E-state index in [4.69, 9.17) is 14.3 Å². The molecule has 2 aromatic carbocycles. The molecule has 2 aliphatic rings. The van der Waals surface area contributed by atoms with Crippen LogP contribution in [0.3, 0.4) is 0 Å². The van der Waals surface area contributed by atoms with Gasteiger partial charge in [0.1, 0.15) is 17.1 Å². The van der Waals surface area contributed by atoms with Crippen LogP contribution in [0.4, 0.5) is 5.82 Å². The monoisotopic (exact) mass is 665 g/mol. The van der Waals surface area contributed by atoms with Crippen molar-refractivity contribution in [2.24, 2.45) is 4.99 Å². The zero-order valence-electron chi connectivity index (χ0n) is 28.1. The van der Waals surface area contributed by atoms with Crippen LogP contribution in [-0.4, -0.2) is 71.7 Å². The van der Waals surface area contributed by atoms with Crippen LogP contribution in [0.15, 0.2) is 56.9 Å². The normalized spacial score (nSPS) is 19.8. The molecule has 11 nitrogen and oxygen atoms in total. The maximum Gasteiger partial charge on any atom is 0.263 e. The maximum absolute atomic E-state index is 13.7. The fraction of sp³-hybridized carbons (Fsp3) is 0.514. The van der Waals surface area contributed by atoms with Crippen molar-refractivity contribution >= 4 is 27.6 Å². The van der Waals surface area contributed by atoms with Crippen LogP contribution < -0.4 is 4.72 Å². The molecule has 1 saturated heterocycles. The Morgan fingerprint density at radius 3 is 2.64 bits per heavy atom. The van der Waals surface area contributed by atoms with Gasteiger partial charge in [-0.1, -0.05) is 61.8 Å². The Balaban J connectivity index is 1.47. The Hall–Kier alpha value is -3.74. The van der Waals surface area contributed by atoms with Gasteiger partial charge in [0.2, 0.25) is 5.91 Å². The summed E-state index contributed by atoms with van der Waals surface area (Å²) in [5, 5.41) is 15.7. The highest BCUT2D eigenvalue weighted by atomic mass is 32.2. The number of anilines is 1. The average molecular weight is 666 g/mol. The lowest BCUT2D eigenvalue weighted by molar-refractivity contribution is -0.135. The predicted octanol–water partition coefficient (Wildman–Crippen LogP) is 5.79. The molecule has 2 atom stereocenters. The summed E-state index contributed by atoms with van der Waals surface area (Å²) in [4.78, 5) is 21.7. The van der Waals surface area contributed by atoms with Crippen LogP contribution in [0.1, 0.15) is 81.7 Å². The topological polar surface area (TPSA) is 138 Å². The maximum atomic E-state index is 13.7. The zero-order chi connectivity index (χ0) is 33.8. The van der Waals surface area contributed by atoms with Crippen LogP contribution in [0.2, 0.25) is 0 Å². The second-order valence-electron chi connectivity index (χ2n) is 12.5. The number of sulfonamides is 1. The minimum absolute atomic E-state index is 0.0833. The SMILES string of the molecule is CCCCC1=N[C@]2(CCCN(C(=O)CC)C2)C(O)N1Cc1ccc(-c2ccccc2S(=O)(=O)Nc2noc(C)c2C)c(COCC)c1. The number of hydrogen-bond donors (Lipinski definition) is 2. The van der Waals surface area contributed by atoms with E-state index in [-0.39, 0.29) is 23.2 Å².